The van der Waals surface area contributed by atoms with Crippen LogP contribution in [0.1, 0.15) is 66.2 Å². The minimum absolute atomic E-state index is 0.327. The molecule has 1 unspecified atom stereocenters. The van der Waals surface area contributed by atoms with Gasteiger partial charge in [0.1, 0.15) is 5.54 Å². The third kappa shape index (κ3) is 6.94. The highest BCUT2D eigenvalue weighted by Crippen LogP contribution is 2.17. The Hall–Kier alpha value is -0.590. The zero-order chi connectivity index (χ0) is 14.7. The van der Waals surface area contributed by atoms with Gasteiger partial charge < -0.3 is 10.2 Å². The van der Waals surface area contributed by atoms with E-state index in [4.69, 9.17) is 0 Å². The number of hydrogen-bond acceptors (Lipinski definition) is 3. The summed E-state index contributed by atoms with van der Waals surface area (Å²) in [6.45, 7) is 11.2. The van der Waals surface area contributed by atoms with Crippen LogP contribution in [0.25, 0.3) is 0 Å². The first-order chi connectivity index (χ1) is 9.05. The monoisotopic (exact) mass is 267 g/mol. The van der Waals surface area contributed by atoms with Gasteiger partial charge in [0.15, 0.2) is 0 Å². The number of nitrogens with one attached hydrogen (secondary N) is 1. The molecule has 0 aliphatic heterocycles. The zero-order valence-electron chi connectivity index (χ0n) is 13.6. The van der Waals surface area contributed by atoms with E-state index in [2.05, 4.69) is 44.0 Å². The van der Waals surface area contributed by atoms with Crippen LogP contribution in [0.15, 0.2) is 0 Å². The maximum absolute atomic E-state index is 9.30. The van der Waals surface area contributed by atoms with Crippen LogP contribution in [0, 0.1) is 11.3 Å². The molecule has 0 fully saturated rings. The summed E-state index contributed by atoms with van der Waals surface area (Å²) in [4.78, 5) is 2.54. The number of rotatable bonds is 11. The molecule has 0 aromatic heterocycles. The van der Waals surface area contributed by atoms with Crippen LogP contribution in [-0.4, -0.2) is 36.6 Å². The first-order valence-corrected chi connectivity index (χ1v) is 7.89. The van der Waals surface area contributed by atoms with Gasteiger partial charge in [-0.2, -0.15) is 5.26 Å². The SMILES string of the molecule is CCCCCN(CCCC(C#N)(CC)NC)C(C)C. The molecular formula is C16H33N3. The second kappa shape index (κ2) is 10.2. The fourth-order valence-corrected chi connectivity index (χ4v) is 2.45. The van der Waals surface area contributed by atoms with Gasteiger partial charge in [-0.15, -0.1) is 0 Å². The first kappa shape index (κ1) is 18.4. The van der Waals surface area contributed by atoms with Gasteiger partial charge in [-0.25, -0.2) is 0 Å². The molecule has 0 aliphatic rings. The molecule has 0 saturated heterocycles. The van der Waals surface area contributed by atoms with Crippen molar-refractivity contribution in [3.63, 3.8) is 0 Å². The van der Waals surface area contributed by atoms with Crippen LogP contribution in [0.4, 0.5) is 0 Å². The van der Waals surface area contributed by atoms with E-state index in [1.165, 1.54) is 25.8 Å². The van der Waals surface area contributed by atoms with Crippen molar-refractivity contribution in [1.29, 1.82) is 5.26 Å². The Morgan fingerprint density at radius 1 is 1.16 bits per heavy atom. The van der Waals surface area contributed by atoms with Crippen LogP contribution in [-0.2, 0) is 0 Å². The number of nitrogens with zero attached hydrogens (tertiary/aromatic N) is 2. The predicted octanol–water partition coefficient (Wildman–Crippen LogP) is 3.56. The molecule has 0 saturated carbocycles. The summed E-state index contributed by atoms with van der Waals surface area (Å²) in [5.74, 6) is 0. The molecule has 19 heavy (non-hydrogen) atoms. The van der Waals surface area contributed by atoms with Crippen LogP contribution in [0.5, 0.6) is 0 Å². The van der Waals surface area contributed by atoms with Crippen molar-refractivity contribution in [2.24, 2.45) is 0 Å². The maximum Gasteiger partial charge on any atom is 0.106 e. The van der Waals surface area contributed by atoms with Crippen molar-refractivity contribution in [3.8, 4) is 6.07 Å². The van der Waals surface area contributed by atoms with Crippen LogP contribution >= 0.6 is 0 Å². The molecule has 0 aromatic carbocycles. The van der Waals surface area contributed by atoms with Crippen molar-refractivity contribution < 1.29 is 0 Å². The minimum Gasteiger partial charge on any atom is -0.302 e. The molecule has 1 N–H and O–H groups in total. The Balaban J connectivity index is 4.15. The highest BCUT2D eigenvalue weighted by Gasteiger charge is 2.25. The molecule has 0 radical (unpaired) electrons. The molecule has 0 bridgehead atoms. The second-order valence-corrected chi connectivity index (χ2v) is 5.74. The average molecular weight is 267 g/mol. The molecule has 0 rings (SSSR count). The van der Waals surface area contributed by atoms with Crippen molar-refractivity contribution in [2.45, 2.75) is 77.8 Å². The highest BCUT2D eigenvalue weighted by molar-refractivity contribution is 5.05. The van der Waals surface area contributed by atoms with E-state index in [1.807, 2.05) is 7.05 Å². The summed E-state index contributed by atoms with van der Waals surface area (Å²) >= 11 is 0. The van der Waals surface area contributed by atoms with Gasteiger partial charge in [-0.1, -0.05) is 26.7 Å². The fourth-order valence-electron chi connectivity index (χ4n) is 2.45. The lowest BCUT2D eigenvalue weighted by Crippen LogP contribution is -2.42. The van der Waals surface area contributed by atoms with Crippen molar-refractivity contribution in [2.75, 3.05) is 20.1 Å². The lowest BCUT2D eigenvalue weighted by molar-refractivity contribution is 0.205. The van der Waals surface area contributed by atoms with Gasteiger partial charge in [0, 0.05) is 6.04 Å². The fraction of sp³-hybridized carbons (Fsp3) is 0.938. The van der Waals surface area contributed by atoms with Gasteiger partial charge in [-0.3, -0.25) is 0 Å². The third-order valence-corrected chi connectivity index (χ3v) is 4.12. The Labute approximate surface area is 120 Å². The molecule has 0 spiro atoms. The molecule has 112 valence electrons. The summed E-state index contributed by atoms with van der Waals surface area (Å²) < 4.78 is 0. The molecular weight excluding hydrogens is 234 g/mol. The zero-order valence-corrected chi connectivity index (χ0v) is 13.6. The number of nitriles is 1. The standard InChI is InChI=1S/C16H33N3/c1-6-8-9-12-19(15(3)4)13-10-11-16(7-2,14-17)18-5/h15,18H,6-13H2,1-5H3. The first-order valence-electron chi connectivity index (χ1n) is 7.89. The molecule has 0 aliphatic carbocycles. The maximum atomic E-state index is 9.30. The van der Waals surface area contributed by atoms with Crippen LogP contribution in [0.3, 0.4) is 0 Å². The Morgan fingerprint density at radius 2 is 1.79 bits per heavy atom. The van der Waals surface area contributed by atoms with Gasteiger partial charge >= 0.3 is 0 Å². The Morgan fingerprint density at radius 3 is 2.21 bits per heavy atom. The largest absolute Gasteiger partial charge is 0.302 e. The molecule has 3 heteroatoms. The van der Waals surface area contributed by atoms with Crippen LogP contribution < -0.4 is 5.32 Å². The van der Waals surface area contributed by atoms with E-state index >= 15 is 0 Å². The predicted molar refractivity (Wildman–Crippen MR) is 83.2 cm³/mol. The quantitative estimate of drug-likeness (QED) is 0.582. The van der Waals surface area contributed by atoms with Crippen molar-refractivity contribution in [1.82, 2.24) is 10.2 Å². The lowest BCUT2D eigenvalue weighted by atomic mass is 9.92. The second-order valence-electron chi connectivity index (χ2n) is 5.74. The summed E-state index contributed by atoms with van der Waals surface area (Å²) in [6, 6.07) is 3.04. The Kier molecular flexibility index (Phi) is 9.91. The topological polar surface area (TPSA) is 39.1 Å². The van der Waals surface area contributed by atoms with E-state index in [1.54, 1.807) is 0 Å². The molecule has 0 aromatic rings. The average Bonchev–Trinajstić information content (AvgIpc) is 2.42. The van der Waals surface area contributed by atoms with Crippen molar-refractivity contribution in [3.05, 3.63) is 0 Å². The highest BCUT2D eigenvalue weighted by atomic mass is 15.1. The lowest BCUT2D eigenvalue weighted by Gasteiger charge is -2.29. The number of hydrogen-bond donors (Lipinski definition) is 1. The normalized spacial score (nSPS) is 14.6. The van der Waals surface area contributed by atoms with Gasteiger partial charge in [0.05, 0.1) is 6.07 Å². The van der Waals surface area contributed by atoms with E-state index in [-0.39, 0.29) is 5.54 Å². The Bertz CT molecular complexity index is 251. The molecule has 0 amide bonds. The molecule has 3 nitrogen and oxygen atoms in total. The summed E-state index contributed by atoms with van der Waals surface area (Å²) in [6.07, 6.45) is 6.78. The molecule has 0 heterocycles. The van der Waals surface area contributed by atoms with E-state index in [0.717, 1.165) is 25.8 Å². The van der Waals surface area contributed by atoms with Crippen LogP contribution in [0.2, 0.25) is 0 Å². The smallest absolute Gasteiger partial charge is 0.106 e. The van der Waals surface area contributed by atoms with E-state index in [0.29, 0.717) is 6.04 Å². The third-order valence-electron chi connectivity index (χ3n) is 4.12. The van der Waals surface area contributed by atoms with Gasteiger partial charge in [-0.05, 0) is 59.7 Å². The van der Waals surface area contributed by atoms with Gasteiger partial charge in [0.2, 0.25) is 0 Å². The summed E-state index contributed by atoms with van der Waals surface area (Å²) in [5.41, 5.74) is -0.327. The molecule has 1 atom stereocenters. The van der Waals surface area contributed by atoms with E-state index < -0.39 is 0 Å². The summed E-state index contributed by atoms with van der Waals surface area (Å²) in [5, 5.41) is 12.5. The van der Waals surface area contributed by atoms with E-state index in [9.17, 15) is 5.26 Å². The minimum atomic E-state index is -0.327. The van der Waals surface area contributed by atoms with Gasteiger partial charge in [0.25, 0.3) is 0 Å². The number of unbranched alkanes of at least 4 members (excludes halogenated alkanes) is 2. The summed E-state index contributed by atoms with van der Waals surface area (Å²) in [7, 11) is 1.90. The van der Waals surface area contributed by atoms with Crippen molar-refractivity contribution >= 4 is 0 Å².